The summed E-state index contributed by atoms with van der Waals surface area (Å²) in [7, 11) is 0. The highest BCUT2D eigenvalue weighted by molar-refractivity contribution is 4.97. The van der Waals surface area contributed by atoms with Crippen LogP contribution in [0.5, 0.6) is 0 Å². The van der Waals surface area contributed by atoms with Crippen molar-refractivity contribution in [2.45, 2.75) is 52.1 Å². The highest BCUT2D eigenvalue weighted by atomic mass is 15.2. The first kappa shape index (κ1) is 11.0. The number of hydrogen-bond donors (Lipinski definition) is 1. The van der Waals surface area contributed by atoms with Gasteiger partial charge in [0.2, 0.25) is 0 Å². The van der Waals surface area contributed by atoms with E-state index >= 15 is 0 Å². The van der Waals surface area contributed by atoms with Crippen molar-refractivity contribution < 1.29 is 0 Å². The van der Waals surface area contributed by atoms with Crippen molar-refractivity contribution in [3.05, 3.63) is 0 Å². The zero-order chi connectivity index (χ0) is 10.1. The van der Waals surface area contributed by atoms with Gasteiger partial charge >= 0.3 is 0 Å². The van der Waals surface area contributed by atoms with Crippen LogP contribution in [0.2, 0.25) is 0 Å². The summed E-state index contributed by atoms with van der Waals surface area (Å²) in [6.45, 7) is 11.3. The quantitative estimate of drug-likeness (QED) is 0.725. The second-order valence-corrected chi connectivity index (χ2v) is 4.83. The lowest BCUT2D eigenvalue weighted by atomic mass is 9.88. The van der Waals surface area contributed by atoms with Gasteiger partial charge in [-0.2, -0.15) is 0 Å². The molecule has 0 radical (unpaired) electrons. The molecule has 1 rings (SSSR count). The van der Waals surface area contributed by atoms with Crippen molar-refractivity contribution in [2.24, 2.45) is 11.7 Å². The van der Waals surface area contributed by atoms with Crippen LogP contribution >= 0.6 is 0 Å². The molecule has 1 aliphatic heterocycles. The van der Waals surface area contributed by atoms with Gasteiger partial charge in [0.1, 0.15) is 0 Å². The zero-order valence-corrected chi connectivity index (χ0v) is 9.51. The molecule has 2 heteroatoms. The minimum absolute atomic E-state index is 0.310. The molecule has 1 heterocycles. The Morgan fingerprint density at radius 2 is 2.15 bits per heavy atom. The van der Waals surface area contributed by atoms with Crippen LogP contribution < -0.4 is 5.73 Å². The normalized spacial score (nSPS) is 30.7. The average Bonchev–Trinajstić information content (AvgIpc) is 2.39. The number of hydrogen-bond acceptors (Lipinski definition) is 2. The third-order valence-electron chi connectivity index (χ3n) is 3.87. The van der Waals surface area contributed by atoms with Gasteiger partial charge in [0.25, 0.3) is 0 Å². The van der Waals surface area contributed by atoms with E-state index in [1.54, 1.807) is 0 Å². The lowest BCUT2D eigenvalue weighted by Gasteiger charge is -2.39. The summed E-state index contributed by atoms with van der Waals surface area (Å²) >= 11 is 0. The van der Waals surface area contributed by atoms with E-state index in [9.17, 15) is 0 Å². The lowest BCUT2D eigenvalue weighted by Crippen LogP contribution is -2.48. The Bertz CT molecular complexity index is 165. The average molecular weight is 184 g/mol. The van der Waals surface area contributed by atoms with E-state index in [2.05, 4.69) is 32.6 Å². The van der Waals surface area contributed by atoms with Gasteiger partial charge in [-0.1, -0.05) is 6.92 Å². The number of nitrogens with two attached hydrogens (primary N) is 1. The first-order valence-electron chi connectivity index (χ1n) is 5.50. The topological polar surface area (TPSA) is 29.3 Å². The van der Waals surface area contributed by atoms with Gasteiger partial charge < -0.3 is 5.73 Å². The SMILES string of the molecule is CCC(C)N1CCC(CN)C1(C)C. The Balaban J connectivity index is 2.69. The monoisotopic (exact) mass is 184 g/mol. The Labute approximate surface area is 82.5 Å². The molecule has 78 valence electrons. The maximum absolute atomic E-state index is 5.79. The molecule has 1 aliphatic rings. The number of likely N-dealkylation sites (tertiary alicyclic amines) is 1. The van der Waals surface area contributed by atoms with E-state index in [1.165, 1.54) is 19.4 Å². The van der Waals surface area contributed by atoms with Crippen molar-refractivity contribution in [1.82, 2.24) is 4.90 Å². The molecule has 2 unspecified atom stereocenters. The molecule has 2 nitrogen and oxygen atoms in total. The Morgan fingerprint density at radius 3 is 2.54 bits per heavy atom. The van der Waals surface area contributed by atoms with Crippen LogP contribution in [0.4, 0.5) is 0 Å². The summed E-state index contributed by atoms with van der Waals surface area (Å²) in [6.07, 6.45) is 2.51. The molecule has 0 aromatic carbocycles. The van der Waals surface area contributed by atoms with Gasteiger partial charge in [-0.25, -0.2) is 0 Å². The van der Waals surface area contributed by atoms with Crippen LogP contribution in [-0.4, -0.2) is 29.6 Å². The molecule has 13 heavy (non-hydrogen) atoms. The maximum atomic E-state index is 5.79. The van der Waals surface area contributed by atoms with Crippen molar-refractivity contribution in [1.29, 1.82) is 0 Å². The summed E-state index contributed by atoms with van der Waals surface area (Å²) in [5.74, 6) is 0.682. The minimum atomic E-state index is 0.310. The fraction of sp³-hybridized carbons (Fsp3) is 1.00. The minimum Gasteiger partial charge on any atom is -0.330 e. The molecule has 0 spiro atoms. The third-order valence-corrected chi connectivity index (χ3v) is 3.87. The van der Waals surface area contributed by atoms with E-state index < -0.39 is 0 Å². The van der Waals surface area contributed by atoms with Crippen LogP contribution in [0.1, 0.15) is 40.5 Å². The fourth-order valence-electron chi connectivity index (χ4n) is 2.59. The van der Waals surface area contributed by atoms with Crippen LogP contribution in [0.3, 0.4) is 0 Å². The molecule has 0 aliphatic carbocycles. The van der Waals surface area contributed by atoms with Gasteiger partial charge in [0.15, 0.2) is 0 Å². The van der Waals surface area contributed by atoms with Crippen LogP contribution in [0.15, 0.2) is 0 Å². The smallest absolute Gasteiger partial charge is 0.0196 e. The molecule has 2 atom stereocenters. The predicted molar refractivity (Wildman–Crippen MR) is 57.7 cm³/mol. The van der Waals surface area contributed by atoms with Gasteiger partial charge in [-0.3, -0.25) is 4.90 Å². The molecule has 0 amide bonds. The van der Waals surface area contributed by atoms with Crippen LogP contribution in [0, 0.1) is 5.92 Å². The van der Waals surface area contributed by atoms with Crippen molar-refractivity contribution in [3.63, 3.8) is 0 Å². The van der Waals surface area contributed by atoms with Crippen LogP contribution in [-0.2, 0) is 0 Å². The van der Waals surface area contributed by atoms with E-state index in [0.717, 1.165) is 6.54 Å². The Morgan fingerprint density at radius 1 is 1.54 bits per heavy atom. The molecule has 0 aromatic rings. The molecule has 2 N–H and O–H groups in total. The molecule has 0 saturated carbocycles. The number of nitrogens with zero attached hydrogens (tertiary/aromatic N) is 1. The molecule has 1 fully saturated rings. The highest BCUT2D eigenvalue weighted by Crippen LogP contribution is 2.35. The summed E-state index contributed by atoms with van der Waals surface area (Å²) in [5.41, 5.74) is 6.10. The molecule has 0 aromatic heterocycles. The molecule has 1 saturated heterocycles. The first-order valence-corrected chi connectivity index (χ1v) is 5.50. The van der Waals surface area contributed by atoms with E-state index in [-0.39, 0.29) is 0 Å². The summed E-state index contributed by atoms with van der Waals surface area (Å²) in [4.78, 5) is 2.62. The summed E-state index contributed by atoms with van der Waals surface area (Å²) in [6, 6.07) is 0.701. The lowest BCUT2D eigenvalue weighted by molar-refractivity contribution is 0.0964. The summed E-state index contributed by atoms with van der Waals surface area (Å²) < 4.78 is 0. The predicted octanol–water partition coefficient (Wildman–Crippen LogP) is 1.84. The Kier molecular flexibility index (Phi) is 3.36. The van der Waals surface area contributed by atoms with Crippen LogP contribution in [0.25, 0.3) is 0 Å². The van der Waals surface area contributed by atoms with E-state index in [0.29, 0.717) is 17.5 Å². The van der Waals surface area contributed by atoms with E-state index in [4.69, 9.17) is 5.73 Å². The van der Waals surface area contributed by atoms with Crippen molar-refractivity contribution in [3.8, 4) is 0 Å². The van der Waals surface area contributed by atoms with Gasteiger partial charge in [0, 0.05) is 11.6 Å². The Hall–Kier alpha value is -0.0800. The van der Waals surface area contributed by atoms with Crippen molar-refractivity contribution in [2.75, 3.05) is 13.1 Å². The highest BCUT2D eigenvalue weighted by Gasteiger charge is 2.41. The van der Waals surface area contributed by atoms with Crippen molar-refractivity contribution >= 4 is 0 Å². The standard InChI is InChI=1S/C11H24N2/c1-5-9(2)13-7-6-10(8-12)11(13,3)4/h9-10H,5-8,12H2,1-4H3. The maximum Gasteiger partial charge on any atom is 0.0196 e. The second kappa shape index (κ2) is 3.97. The van der Waals surface area contributed by atoms with Gasteiger partial charge in [-0.15, -0.1) is 0 Å². The van der Waals surface area contributed by atoms with Gasteiger partial charge in [0.05, 0.1) is 0 Å². The first-order chi connectivity index (χ1) is 6.04. The summed E-state index contributed by atoms with van der Waals surface area (Å²) in [5, 5.41) is 0. The largest absolute Gasteiger partial charge is 0.330 e. The molecular weight excluding hydrogens is 160 g/mol. The number of rotatable bonds is 3. The zero-order valence-electron chi connectivity index (χ0n) is 9.51. The van der Waals surface area contributed by atoms with Gasteiger partial charge in [-0.05, 0) is 52.6 Å². The molecular formula is C11H24N2. The third kappa shape index (κ3) is 1.89. The van der Waals surface area contributed by atoms with E-state index in [1.807, 2.05) is 0 Å². The second-order valence-electron chi connectivity index (χ2n) is 4.83. The fourth-order valence-corrected chi connectivity index (χ4v) is 2.59. The molecule has 0 bridgehead atoms.